The Balaban J connectivity index is 1.72. The standard InChI is InChI=1S/C21H32O/c1-4-15-8-10-17-18-11-9-16-7-5-6-12-20(16,3)21(18,22)14-13-19(15,17)2/h4,8,16-18,22H,1,5-7,9-14H2,2-3H3/t16?,17-,18-,19+,20-,21+/m0/s1. The van der Waals surface area contributed by atoms with Crippen LogP contribution < -0.4 is 0 Å². The first-order valence-electron chi connectivity index (χ1n) is 9.51. The maximum Gasteiger partial charge on any atom is 0.0735 e. The SMILES string of the molecule is C=CC1=CC[C@H]2[C@@H]3CCC4CCCC[C@]4(C)[C@@]3(O)CC[C@]12C. The van der Waals surface area contributed by atoms with E-state index >= 15 is 0 Å². The summed E-state index contributed by atoms with van der Waals surface area (Å²) in [6, 6.07) is 0. The zero-order chi connectivity index (χ0) is 15.6. The highest BCUT2D eigenvalue weighted by atomic mass is 16.3. The molecule has 0 saturated heterocycles. The monoisotopic (exact) mass is 300 g/mol. The van der Waals surface area contributed by atoms with Gasteiger partial charge in [-0.15, -0.1) is 0 Å². The van der Waals surface area contributed by atoms with Crippen LogP contribution in [0.2, 0.25) is 0 Å². The quantitative estimate of drug-likeness (QED) is 0.700. The van der Waals surface area contributed by atoms with E-state index in [2.05, 4.69) is 32.6 Å². The van der Waals surface area contributed by atoms with Gasteiger partial charge in [0.25, 0.3) is 0 Å². The molecule has 0 aromatic rings. The first-order valence-corrected chi connectivity index (χ1v) is 9.51. The molecule has 1 unspecified atom stereocenters. The third kappa shape index (κ3) is 1.64. The van der Waals surface area contributed by atoms with Crippen molar-refractivity contribution in [3.8, 4) is 0 Å². The van der Waals surface area contributed by atoms with Gasteiger partial charge in [0.05, 0.1) is 5.60 Å². The second kappa shape index (κ2) is 4.72. The summed E-state index contributed by atoms with van der Waals surface area (Å²) in [5.41, 5.74) is 1.49. The zero-order valence-corrected chi connectivity index (χ0v) is 14.4. The van der Waals surface area contributed by atoms with Gasteiger partial charge in [-0.05, 0) is 79.1 Å². The van der Waals surface area contributed by atoms with Gasteiger partial charge in [-0.3, -0.25) is 0 Å². The summed E-state index contributed by atoms with van der Waals surface area (Å²) < 4.78 is 0. The molecule has 0 spiro atoms. The van der Waals surface area contributed by atoms with Crippen LogP contribution in [-0.4, -0.2) is 10.7 Å². The van der Waals surface area contributed by atoms with Crippen LogP contribution in [0.25, 0.3) is 0 Å². The first-order chi connectivity index (χ1) is 10.5. The van der Waals surface area contributed by atoms with Gasteiger partial charge in [0.2, 0.25) is 0 Å². The highest BCUT2D eigenvalue weighted by Crippen LogP contribution is 2.67. The summed E-state index contributed by atoms with van der Waals surface area (Å²) in [7, 11) is 0. The maximum atomic E-state index is 11.9. The fourth-order valence-electron chi connectivity index (χ4n) is 7.15. The Labute approximate surface area is 135 Å². The van der Waals surface area contributed by atoms with Crippen molar-refractivity contribution in [3.63, 3.8) is 0 Å². The molecule has 0 heterocycles. The van der Waals surface area contributed by atoms with Crippen LogP contribution in [0.5, 0.6) is 0 Å². The summed E-state index contributed by atoms with van der Waals surface area (Å²) in [4.78, 5) is 0. The van der Waals surface area contributed by atoms with Crippen molar-refractivity contribution >= 4 is 0 Å². The van der Waals surface area contributed by atoms with E-state index in [1.165, 1.54) is 44.1 Å². The van der Waals surface area contributed by atoms with Gasteiger partial charge in [0.15, 0.2) is 0 Å². The van der Waals surface area contributed by atoms with E-state index in [1.807, 2.05) is 0 Å². The lowest BCUT2D eigenvalue weighted by molar-refractivity contribution is -0.229. The fraction of sp³-hybridized carbons (Fsp3) is 0.810. The van der Waals surface area contributed by atoms with E-state index in [-0.39, 0.29) is 10.8 Å². The second-order valence-electron chi connectivity index (χ2n) is 9.09. The van der Waals surface area contributed by atoms with Gasteiger partial charge in [0, 0.05) is 0 Å². The minimum absolute atomic E-state index is 0.173. The number of aliphatic hydroxyl groups is 1. The molecule has 0 bridgehead atoms. The predicted octanol–water partition coefficient (Wildman–Crippen LogP) is 5.26. The van der Waals surface area contributed by atoms with Gasteiger partial charge in [-0.2, -0.15) is 0 Å². The van der Waals surface area contributed by atoms with Gasteiger partial charge < -0.3 is 5.11 Å². The van der Waals surface area contributed by atoms with Crippen molar-refractivity contribution in [1.29, 1.82) is 0 Å². The number of rotatable bonds is 1. The summed E-state index contributed by atoms with van der Waals surface area (Å²) >= 11 is 0. The molecule has 0 aromatic heterocycles. The summed E-state index contributed by atoms with van der Waals surface area (Å²) in [5, 5.41) is 11.9. The van der Waals surface area contributed by atoms with Gasteiger partial charge in [0.1, 0.15) is 0 Å². The molecule has 3 fully saturated rings. The molecule has 0 radical (unpaired) electrons. The van der Waals surface area contributed by atoms with Crippen LogP contribution >= 0.6 is 0 Å². The Morgan fingerprint density at radius 1 is 1.09 bits per heavy atom. The summed E-state index contributed by atoms with van der Waals surface area (Å²) in [6.07, 6.45) is 15.7. The third-order valence-corrected chi connectivity index (χ3v) is 8.63. The third-order valence-electron chi connectivity index (χ3n) is 8.63. The highest BCUT2D eigenvalue weighted by Gasteiger charge is 2.65. The Kier molecular flexibility index (Phi) is 3.22. The molecule has 1 nitrogen and oxygen atoms in total. The van der Waals surface area contributed by atoms with Crippen molar-refractivity contribution in [3.05, 3.63) is 24.3 Å². The van der Waals surface area contributed by atoms with E-state index in [4.69, 9.17) is 0 Å². The van der Waals surface area contributed by atoms with Crippen molar-refractivity contribution in [2.24, 2.45) is 28.6 Å². The smallest absolute Gasteiger partial charge is 0.0735 e. The number of fused-ring (bicyclic) bond motifs is 5. The lowest BCUT2D eigenvalue weighted by atomic mass is 9.42. The van der Waals surface area contributed by atoms with Gasteiger partial charge >= 0.3 is 0 Å². The summed E-state index contributed by atoms with van der Waals surface area (Å²) in [5.74, 6) is 1.90. The topological polar surface area (TPSA) is 20.2 Å². The summed E-state index contributed by atoms with van der Waals surface area (Å²) in [6.45, 7) is 8.92. The predicted molar refractivity (Wildman–Crippen MR) is 91.5 cm³/mol. The molecule has 0 aromatic carbocycles. The van der Waals surface area contributed by atoms with Crippen molar-refractivity contribution in [1.82, 2.24) is 0 Å². The molecular formula is C21H32O. The Hall–Kier alpha value is -0.560. The molecule has 0 amide bonds. The van der Waals surface area contributed by atoms with E-state index < -0.39 is 5.60 Å². The van der Waals surface area contributed by atoms with Crippen LogP contribution in [-0.2, 0) is 0 Å². The molecule has 4 rings (SSSR count). The van der Waals surface area contributed by atoms with Gasteiger partial charge in [-0.25, -0.2) is 0 Å². The average Bonchev–Trinajstić information content (AvgIpc) is 2.84. The average molecular weight is 300 g/mol. The Morgan fingerprint density at radius 3 is 2.68 bits per heavy atom. The number of allylic oxidation sites excluding steroid dienone is 3. The Bertz CT molecular complexity index is 520. The molecule has 6 atom stereocenters. The van der Waals surface area contributed by atoms with E-state index in [1.54, 1.807) is 0 Å². The largest absolute Gasteiger partial charge is 0.389 e. The minimum atomic E-state index is -0.412. The van der Waals surface area contributed by atoms with Crippen LogP contribution in [0.15, 0.2) is 24.3 Å². The van der Waals surface area contributed by atoms with Gasteiger partial charge in [-0.1, -0.05) is 45.4 Å². The van der Waals surface area contributed by atoms with E-state index in [0.717, 1.165) is 25.2 Å². The maximum absolute atomic E-state index is 11.9. The first kappa shape index (κ1) is 15.0. The molecule has 4 aliphatic rings. The number of hydrogen-bond donors (Lipinski definition) is 1. The molecule has 3 saturated carbocycles. The minimum Gasteiger partial charge on any atom is -0.389 e. The number of hydrogen-bond acceptors (Lipinski definition) is 1. The van der Waals surface area contributed by atoms with Crippen molar-refractivity contribution < 1.29 is 5.11 Å². The molecule has 1 N–H and O–H groups in total. The molecule has 1 heteroatoms. The van der Waals surface area contributed by atoms with Crippen LogP contribution in [0, 0.1) is 28.6 Å². The Morgan fingerprint density at radius 2 is 1.91 bits per heavy atom. The fourth-order valence-corrected chi connectivity index (χ4v) is 7.15. The van der Waals surface area contributed by atoms with Crippen LogP contribution in [0.1, 0.15) is 71.6 Å². The van der Waals surface area contributed by atoms with Crippen LogP contribution in [0.4, 0.5) is 0 Å². The van der Waals surface area contributed by atoms with Crippen molar-refractivity contribution in [2.45, 2.75) is 77.2 Å². The molecular weight excluding hydrogens is 268 g/mol. The molecule has 122 valence electrons. The van der Waals surface area contributed by atoms with E-state index in [0.29, 0.717) is 11.8 Å². The van der Waals surface area contributed by atoms with Crippen molar-refractivity contribution in [2.75, 3.05) is 0 Å². The second-order valence-corrected chi connectivity index (χ2v) is 9.09. The molecule has 22 heavy (non-hydrogen) atoms. The molecule has 4 aliphatic carbocycles. The lowest BCUT2D eigenvalue weighted by Crippen LogP contribution is -2.64. The van der Waals surface area contributed by atoms with Crippen LogP contribution in [0.3, 0.4) is 0 Å². The zero-order valence-electron chi connectivity index (χ0n) is 14.4. The van der Waals surface area contributed by atoms with E-state index in [9.17, 15) is 5.11 Å². The molecule has 0 aliphatic heterocycles. The highest BCUT2D eigenvalue weighted by molar-refractivity contribution is 5.34. The lowest BCUT2D eigenvalue weighted by Gasteiger charge is -2.64. The normalized spacial score (nSPS) is 54.0.